The van der Waals surface area contributed by atoms with Crippen molar-refractivity contribution in [2.75, 3.05) is 14.2 Å². The molecule has 1 aromatic carbocycles. The summed E-state index contributed by atoms with van der Waals surface area (Å²) in [5.41, 5.74) is 0.708. The minimum absolute atomic E-state index is 0.309. The third-order valence-electron chi connectivity index (χ3n) is 2.55. The fraction of sp³-hybridized carbons (Fsp3) is 0.308. The van der Waals surface area contributed by atoms with Crippen LogP contribution in [0.15, 0.2) is 33.9 Å². The quantitative estimate of drug-likeness (QED) is 0.619. The molecule has 0 saturated heterocycles. The van der Waals surface area contributed by atoms with Crippen molar-refractivity contribution < 1.29 is 18.7 Å². The van der Waals surface area contributed by atoms with E-state index in [1.54, 1.807) is 14.0 Å². The van der Waals surface area contributed by atoms with Crippen molar-refractivity contribution in [1.82, 2.24) is 10.2 Å². The number of ether oxygens (including phenoxy) is 2. The van der Waals surface area contributed by atoms with Gasteiger partial charge in [0.25, 0.3) is 11.1 Å². The molecule has 2 rings (SSSR count). The van der Waals surface area contributed by atoms with Gasteiger partial charge in [0.2, 0.25) is 0 Å². The van der Waals surface area contributed by atoms with E-state index in [1.807, 2.05) is 24.3 Å². The number of aromatic nitrogens is 2. The molecule has 0 fully saturated rings. The SMILES string of the molecule is COC(=O)C(C)Sc1nnc(-c2ccccc2OC)o1. The molecule has 1 heterocycles. The van der Waals surface area contributed by atoms with Crippen LogP contribution in [0.1, 0.15) is 6.92 Å². The molecule has 1 aromatic heterocycles. The van der Waals surface area contributed by atoms with Crippen molar-refractivity contribution >= 4 is 17.7 Å². The van der Waals surface area contributed by atoms with Gasteiger partial charge in [0.1, 0.15) is 11.0 Å². The number of para-hydroxylation sites is 1. The van der Waals surface area contributed by atoms with E-state index in [1.165, 1.54) is 7.11 Å². The Bertz CT molecular complexity index is 600. The highest BCUT2D eigenvalue weighted by Crippen LogP contribution is 2.31. The highest BCUT2D eigenvalue weighted by atomic mass is 32.2. The first-order chi connectivity index (χ1) is 9.65. The number of benzene rings is 1. The zero-order valence-corrected chi connectivity index (χ0v) is 12.1. The van der Waals surface area contributed by atoms with E-state index < -0.39 is 5.25 Å². The number of carbonyl (C=O) groups excluding carboxylic acids is 1. The van der Waals surface area contributed by atoms with Gasteiger partial charge >= 0.3 is 5.97 Å². The van der Waals surface area contributed by atoms with Crippen molar-refractivity contribution in [3.8, 4) is 17.2 Å². The molecule has 1 unspecified atom stereocenters. The summed E-state index contributed by atoms with van der Waals surface area (Å²) < 4.78 is 15.4. The number of methoxy groups -OCH3 is 2. The number of carbonyl (C=O) groups is 1. The second kappa shape index (κ2) is 6.42. The second-order valence-corrected chi connectivity index (χ2v) is 5.15. The maximum absolute atomic E-state index is 11.3. The zero-order valence-electron chi connectivity index (χ0n) is 11.3. The fourth-order valence-electron chi connectivity index (χ4n) is 1.55. The van der Waals surface area contributed by atoms with E-state index in [0.29, 0.717) is 22.4 Å². The lowest BCUT2D eigenvalue weighted by atomic mass is 10.2. The van der Waals surface area contributed by atoms with E-state index >= 15 is 0 Å². The Hall–Kier alpha value is -2.02. The maximum Gasteiger partial charge on any atom is 0.319 e. The maximum atomic E-state index is 11.3. The fourth-order valence-corrected chi connectivity index (χ4v) is 2.26. The normalized spacial score (nSPS) is 11.9. The highest BCUT2D eigenvalue weighted by Gasteiger charge is 2.19. The third-order valence-corrected chi connectivity index (χ3v) is 3.47. The van der Waals surface area contributed by atoms with Crippen molar-refractivity contribution in [1.29, 1.82) is 0 Å². The molecule has 1 atom stereocenters. The Labute approximate surface area is 120 Å². The van der Waals surface area contributed by atoms with Gasteiger partial charge in [-0.25, -0.2) is 0 Å². The topological polar surface area (TPSA) is 74.5 Å². The van der Waals surface area contributed by atoms with Crippen molar-refractivity contribution in [2.24, 2.45) is 0 Å². The molecule has 0 bridgehead atoms. The molecule has 0 aliphatic rings. The molecule has 0 aliphatic carbocycles. The van der Waals surface area contributed by atoms with E-state index in [0.717, 1.165) is 11.8 Å². The Kier molecular flexibility index (Phi) is 4.62. The van der Waals surface area contributed by atoms with Gasteiger partial charge in [-0.2, -0.15) is 0 Å². The van der Waals surface area contributed by atoms with Crippen molar-refractivity contribution in [2.45, 2.75) is 17.4 Å². The molecule has 0 radical (unpaired) electrons. The number of rotatable bonds is 5. The van der Waals surface area contributed by atoms with Gasteiger partial charge in [0.05, 0.1) is 19.8 Å². The minimum atomic E-state index is -0.411. The molecule has 6 nitrogen and oxygen atoms in total. The van der Waals surface area contributed by atoms with Crippen LogP contribution in [0.5, 0.6) is 5.75 Å². The average Bonchev–Trinajstić information content (AvgIpc) is 2.94. The molecule has 0 spiro atoms. The molecule has 0 saturated carbocycles. The average molecular weight is 294 g/mol. The predicted molar refractivity (Wildman–Crippen MR) is 73.6 cm³/mol. The summed E-state index contributed by atoms with van der Waals surface area (Å²) in [6.07, 6.45) is 0. The standard InChI is InChI=1S/C13H14N2O4S/c1-8(12(16)18-3)20-13-15-14-11(19-13)9-6-4-5-7-10(9)17-2/h4-8H,1-3H3. The molecule has 2 aromatic rings. The summed E-state index contributed by atoms with van der Waals surface area (Å²) >= 11 is 1.15. The first kappa shape index (κ1) is 14.4. The highest BCUT2D eigenvalue weighted by molar-refractivity contribution is 8.00. The summed E-state index contributed by atoms with van der Waals surface area (Å²) in [7, 11) is 2.91. The van der Waals surface area contributed by atoms with Crippen LogP contribution in [0.25, 0.3) is 11.5 Å². The molecule has 0 N–H and O–H groups in total. The first-order valence-corrected chi connectivity index (χ1v) is 6.75. The third kappa shape index (κ3) is 3.11. The van der Waals surface area contributed by atoms with Crippen molar-refractivity contribution in [3.63, 3.8) is 0 Å². The van der Waals surface area contributed by atoms with Crippen molar-refractivity contribution in [3.05, 3.63) is 24.3 Å². The number of hydrogen-bond acceptors (Lipinski definition) is 7. The van der Waals surface area contributed by atoms with Gasteiger partial charge in [-0.15, -0.1) is 10.2 Å². The lowest BCUT2D eigenvalue weighted by Crippen LogP contribution is -2.14. The summed E-state index contributed by atoms with van der Waals surface area (Å²) in [5.74, 6) is 0.655. The summed E-state index contributed by atoms with van der Waals surface area (Å²) in [6.45, 7) is 1.71. The van der Waals surface area contributed by atoms with Gasteiger partial charge in [-0.3, -0.25) is 4.79 Å². The van der Waals surface area contributed by atoms with Gasteiger partial charge in [0.15, 0.2) is 0 Å². The Morgan fingerprint density at radius 1 is 1.30 bits per heavy atom. The summed E-state index contributed by atoms with van der Waals surface area (Å²) in [6, 6.07) is 7.34. The van der Waals surface area contributed by atoms with Gasteiger partial charge in [-0.1, -0.05) is 23.9 Å². The van der Waals surface area contributed by atoms with E-state index in [2.05, 4.69) is 14.9 Å². The van der Waals surface area contributed by atoms with Crippen LogP contribution >= 0.6 is 11.8 Å². The van der Waals surface area contributed by atoms with E-state index in [4.69, 9.17) is 9.15 Å². The number of thioether (sulfide) groups is 1. The van der Waals surface area contributed by atoms with Crippen LogP contribution in [0.3, 0.4) is 0 Å². The second-order valence-electron chi connectivity index (χ2n) is 3.86. The predicted octanol–water partition coefficient (Wildman–Crippen LogP) is 2.40. The lowest BCUT2D eigenvalue weighted by molar-refractivity contribution is -0.139. The summed E-state index contributed by atoms with van der Waals surface area (Å²) in [4.78, 5) is 11.3. The number of hydrogen-bond donors (Lipinski definition) is 0. The zero-order chi connectivity index (χ0) is 14.5. The van der Waals surface area contributed by atoms with Gasteiger partial charge in [0, 0.05) is 0 Å². The van der Waals surface area contributed by atoms with Crippen LogP contribution in [0, 0.1) is 0 Å². The first-order valence-electron chi connectivity index (χ1n) is 5.87. The van der Waals surface area contributed by atoms with Crippen LogP contribution in [0.2, 0.25) is 0 Å². The number of esters is 1. The Morgan fingerprint density at radius 2 is 2.05 bits per heavy atom. The van der Waals surface area contributed by atoms with Crippen LogP contribution in [-0.4, -0.2) is 35.6 Å². The van der Waals surface area contributed by atoms with Gasteiger partial charge < -0.3 is 13.9 Å². The Balaban J connectivity index is 2.19. The molecule has 20 heavy (non-hydrogen) atoms. The molecule has 0 aliphatic heterocycles. The largest absolute Gasteiger partial charge is 0.496 e. The van der Waals surface area contributed by atoms with E-state index in [-0.39, 0.29) is 5.97 Å². The number of nitrogens with zero attached hydrogens (tertiary/aromatic N) is 2. The molecule has 7 heteroatoms. The monoisotopic (exact) mass is 294 g/mol. The molecular weight excluding hydrogens is 280 g/mol. The summed E-state index contributed by atoms with van der Waals surface area (Å²) in [5, 5.41) is 7.77. The van der Waals surface area contributed by atoms with Crippen LogP contribution in [0.4, 0.5) is 0 Å². The smallest absolute Gasteiger partial charge is 0.319 e. The van der Waals surface area contributed by atoms with Gasteiger partial charge in [-0.05, 0) is 19.1 Å². The van der Waals surface area contributed by atoms with Crippen LogP contribution in [-0.2, 0) is 9.53 Å². The van der Waals surface area contributed by atoms with Crippen LogP contribution < -0.4 is 4.74 Å². The molecule has 0 amide bonds. The van der Waals surface area contributed by atoms with E-state index in [9.17, 15) is 4.79 Å². The molecule has 106 valence electrons. The minimum Gasteiger partial charge on any atom is -0.496 e. The lowest BCUT2D eigenvalue weighted by Gasteiger charge is -2.05. The Morgan fingerprint density at radius 3 is 2.75 bits per heavy atom. The molecular formula is C13H14N2O4S.